The lowest BCUT2D eigenvalue weighted by molar-refractivity contribution is -0.0439. The Balaban J connectivity index is 1.69. The van der Waals surface area contributed by atoms with Crippen LogP contribution in [-0.2, 0) is 6.54 Å². The molecular weight excluding hydrogens is 308 g/mol. The lowest BCUT2D eigenvalue weighted by Gasteiger charge is -2.36. The minimum absolute atomic E-state index is 0.469. The predicted octanol–water partition coefficient (Wildman–Crippen LogP) is 2.41. The zero-order valence-corrected chi connectivity index (χ0v) is 12.0. The molecule has 3 rings (SSSR count). The van der Waals surface area contributed by atoms with E-state index in [1.807, 2.05) is 12.3 Å². The van der Waals surface area contributed by atoms with Gasteiger partial charge in [-0.2, -0.15) is 0 Å². The second kappa shape index (κ2) is 5.02. The number of rotatable bonds is 4. The fourth-order valence-corrected chi connectivity index (χ4v) is 2.61. The van der Waals surface area contributed by atoms with Crippen LogP contribution < -0.4 is 0 Å². The minimum Gasteiger partial charge on any atom is -0.390 e. The van der Waals surface area contributed by atoms with E-state index in [0.717, 1.165) is 41.4 Å². The van der Waals surface area contributed by atoms with Crippen LogP contribution >= 0.6 is 15.9 Å². The molecule has 100 valence electrons. The van der Waals surface area contributed by atoms with Crippen molar-refractivity contribution in [3.8, 4) is 11.3 Å². The number of hydrogen-bond donors (Lipinski definition) is 1. The zero-order chi connectivity index (χ0) is 13.3. The largest absolute Gasteiger partial charge is 0.390 e. The summed E-state index contributed by atoms with van der Waals surface area (Å²) in [6.07, 6.45) is 9.08. The molecule has 0 aliphatic heterocycles. The van der Waals surface area contributed by atoms with Crippen LogP contribution in [-0.4, -0.2) is 30.7 Å². The Kier molecular flexibility index (Phi) is 3.36. The molecular formula is C13H15BrN4O. The number of pyridine rings is 1. The van der Waals surface area contributed by atoms with Gasteiger partial charge in [0.1, 0.15) is 5.69 Å². The minimum atomic E-state index is -0.469. The van der Waals surface area contributed by atoms with Gasteiger partial charge in [-0.05, 0) is 47.7 Å². The predicted molar refractivity (Wildman–Crippen MR) is 74.4 cm³/mol. The van der Waals surface area contributed by atoms with Crippen molar-refractivity contribution in [3.63, 3.8) is 0 Å². The molecule has 1 saturated carbocycles. The molecule has 1 aliphatic carbocycles. The van der Waals surface area contributed by atoms with E-state index in [-0.39, 0.29) is 0 Å². The maximum absolute atomic E-state index is 10.1. The van der Waals surface area contributed by atoms with Crippen LogP contribution in [0.2, 0.25) is 0 Å². The first-order valence-corrected chi connectivity index (χ1v) is 7.17. The molecule has 0 bridgehead atoms. The molecule has 1 fully saturated rings. The van der Waals surface area contributed by atoms with Crippen molar-refractivity contribution in [1.29, 1.82) is 0 Å². The van der Waals surface area contributed by atoms with E-state index in [9.17, 15) is 5.11 Å². The van der Waals surface area contributed by atoms with Crippen LogP contribution in [0.25, 0.3) is 11.3 Å². The van der Waals surface area contributed by atoms with E-state index >= 15 is 0 Å². The van der Waals surface area contributed by atoms with Crippen molar-refractivity contribution in [2.75, 3.05) is 0 Å². The van der Waals surface area contributed by atoms with Crippen molar-refractivity contribution in [1.82, 2.24) is 20.0 Å². The molecule has 2 heterocycles. The van der Waals surface area contributed by atoms with Gasteiger partial charge in [-0.25, -0.2) is 0 Å². The summed E-state index contributed by atoms with van der Waals surface area (Å²) in [5.74, 6) is 0. The average molecular weight is 323 g/mol. The number of aryl methyl sites for hydroxylation is 1. The number of hydrogen-bond acceptors (Lipinski definition) is 4. The van der Waals surface area contributed by atoms with E-state index in [1.54, 1.807) is 17.1 Å². The molecule has 2 aromatic rings. The summed E-state index contributed by atoms with van der Waals surface area (Å²) in [5, 5.41) is 18.3. The van der Waals surface area contributed by atoms with Gasteiger partial charge in [-0.15, -0.1) is 5.10 Å². The van der Waals surface area contributed by atoms with Gasteiger partial charge < -0.3 is 5.11 Å². The van der Waals surface area contributed by atoms with E-state index in [1.165, 1.54) is 0 Å². The van der Waals surface area contributed by atoms with Gasteiger partial charge in [0.15, 0.2) is 0 Å². The highest BCUT2D eigenvalue weighted by Crippen LogP contribution is 2.34. The van der Waals surface area contributed by atoms with Crippen molar-refractivity contribution < 1.29 is 5.11 Å². The van der Waals surface area contributed by atoms with Gasteiger partial charge in [-0.3, -0.25) is 9.67 Å². The summed E-state index contributed by atoms with van der Waals surface area (Å²) in [7, 11) is 0. The number of nitrogens with zero attached hydrogens (tertiary/aromatic N) is 4. The van der Waals surface area contributed by atoms with Crippen molar-refractivity contribution >= 4 is 15.9 Å². The topological polar surface area (TPSA) is 63.8 Å². The average Bonchev–Trinajstić information content (AvgIpc) is 2.83. The smallest absolute Gasteiger partial charge is 0.114 e. The third-order valence-corrected chi connectivity index (χ3v) is 4.06. The summed E-state index contributed by atoms with van der Waals surface area (Å²) in [4.78, 5) is 4.11. The molecule has 0 amide bonds. The molecule has 0 radical (unpaired) electrons. The molecule has 19 heavy (non-hydrogen) atoms. The fraction of sp³-hybridized carbons (Fsp3) is 0.462. The normalized spacial score (nSPS) is 17.2. The van der Waals surface area contributed by atoms with Crippen LogP contribution in [0.1, 0.15) is 25.7 Å². The number of halogens is 1. The third kappa shape index (κ3) is 2.84. The molecule has 2 aromatic heterocycles. The van der Waals surface area contributed by atoms with E-state index in [4.69, 9.17) is 0 Å². The molecule has 0 unspecified atom stereocenters. The summed E-state index contributed by atoms with van der Waals surface area (Å²) in [6.45, 7) is 0.699. The highest BCUT2D eigenvalue weighted by molar-refractivity contribution is 9.10. The van der Waals surface area contributed by atoms with Crippen molar-refractivity contribution in [2.45, 2.75) is 37.8 Å². The Bertz CT molecular complexity index is 580. The van der Waals surface area contributed by atoms with Crippen LogP contribution in [0.3, 0.4) is 0 Å². The maximum Gasteiger partial charge on any atom is 0.114 e. The molecule has 6 heteroatoms. The number of aromatic nitrogens is 4. The van der Waals surface area contributed by atoms with Crippen LogP contribution in [0.15, 0.2) is 29.1 Å². The van der Waals surface area contributed by atoms with E-state index in [0.29, 0.717) is 6.54 Å². The summed E-state index contributed by atoms with van der Waals surface area (Å²) in [5.41, 5.74) is 1.26. The lowest BCUT2D eigenvalue weighted by Crippen LogP contribution is -2.37. The molecule has 5 nitrogen and oxygen atoms in total. The second-order valence-electron chi connectivity index (χ2n) is 5.09. The Morgan fingerprint density at radius 2 is 2.21 bits per heavy atom. The first-order chi connectivity index (χ1) is 9.15. The van der Waals surface area contributed by atoms with Gasteiger partial charge in [0.05, 0.1) is 11.8 Å². The van der Waals surface area contributed by atoms with Gasteiger partial charge in [-0.1, -0.05) is 5.21 Å². The monoisotopic (exact) mass is 322 g/mol. The van der Waals surface area contributed by atoms with E-state index in [2.05, 4.69) is 31.2 Å². The SMILES string of the molecule is OC1(CCn2cc(-c3cncc(Br)c3)nn2)CCC1. The van der Waals surface area contributed by atoms with Gasteiger partial charge in [0.2, 0.25) is 0 Å². The fourth-order valence-electron chi connectivity index (χ4n) is 2.25. The molecule has 1 N–H and O–H groups in total. The highest BCUT2D eigenvalue weighted by Gasteiger charge is 2.33. The lowest BCUT2D eigenvalue weighted by atomic mass is 9.78. The molecule has 0 saturated heterocycles. The Morgan fingerprint density at radius 3 is 2.89 bits per heavy atom. The first-order valence-electron chi connectivity index (χ1n) is 6.38. The summed E-state index contributed by atoms with van der Waals surface area (Å²) >= 11 is 3.39. The summed E-state index contributed by atoms with van der Waals surface area (Å²) < 4.78 is 2.70. The zero-order valence-electron chi connectivity index (χ0n) is 10.5. The number of aliphatic hydroxyl groups is 1. The van der Waals surface area contributed by atoms with Crippen molar-refractivity contribution in [2.24, 2.45) is 0 Å². The molecule has 0 aromatic carbocycles. The highest BCUT2D eigenvalue weighted by atomic mass is 79.9. The van der Waals surface area contributed by atoms with Crippen LogP contribution in [0.4, 0.5) is 0 Å². The molecule has 1 aliphatic rings. The standard InChI is InChI=1S/C13H15BrN4O/c14-11-6-10(7-15-8-11)12-9-18(17-16-12)5-4-13(19)2-1-3-13/h6-9,19H,1-5H2. The molecule has 0 atom stereocenters. The van der Waals surface area contributed by atoms with Gasteiger partial charge in [0, 0.05) is 29.0 Å². The van der Waals surface area contributed by atoms with Gasteiger partial charge >= 0.3 is 0 Å². The first kappa shape index (κ1) is 12.7. The quantitative estimate of drug-likeness (QED) is 0.938. The van der Waals surface area contributed by atoms with Crippen LogP contribution in [0, 0.1) is 0 Å². The Morgan fingerprint density at radius 1 is 1.37 bits per heavy atom. The Labute approximate surface area is 119 Å². The maximum atomic E-state index is 10.1. The third-order valence-electron chi connectivity index (χ3n) is 3.63. The summed E-state index contributed by atoms with van der Waals surface area (Å²) in [6, 6.07) is 1.96. The molecule has 0 spiro atoms. The Hall–Kier alpha value is -1.27. The van der Waals surface area contributed by atoms with Crippen molar-refractivity contribution in [3.05, 3.63) is 29.1 Å². The van der Waals surface area contributed by atoms with Gasteiger partial charge in [0.25, 0.3) is 0 Å². The second-order valence-corrected chi connectivity index (χ2v) is 6.00. The van der Waals surface area contributed by atoms with E-state index < -0.39 is 5.60 Å². The van der Waals surface area contributed by atoms with Crippen LogP contribution in [0.5, 0.6) is 0 Å².